The third-order valence-electron chi connectivity index (χ3n) is 13.8. The molecule has 2 N–H and O–H groups in total. The molecule has 388 valence electrons. The SMILES string of the molecule is C.Clc1nc(-c2ccc3ccccc3c2)nc(-c2ccc3ccccc3c2)n1.OB(O)c1ccc(-c2ccccc2)cc1.c1ccc(-c2ccc(-c3nc(-c4ccc5ccccc5c4)nc(-c4ccc5ccccc5c4)n3)cc2)cc1. The normalized spacial score (nSPS) is 10.8. The summed E-state index contributed by atoms with van der Waals surface area (Å²) in [6.07, 6.45) is 0. The molecule has 2 aromatic heterocycles. The third-order valence-corrected chi connectivity index (χ3v) is 14.0. The minimum atomic E-state index is -1.39. The number of aromatic nitrogens is 6. The first-order valence-corrected chi connectivity index (χ1v) is 26.5. The molecule has 0 atom stereocenters. The van der Waals surface area contributed by atoms with Crippen molar-refractivity contribution in [1.82, 2.24) is 29.9 Å². The van der Waals surface area contributed by atoms with E-state index in [0.717, 1.165) is 66.1 Å². The largest absolute Gasteiger partial charge is 0.488 e. The summed E-state index contributed by atoms with van der Waals surface area (Å²) in [5, 5.41) is 27.4. The first-order chi connectivity index (χ1) is 39.3. The predicted octanol–water partition coefficient (Wildman–Crippen LogP) is 16.7. The quantitative estimate of drug-likeness (QED) is 0.145. The smallest absolute Gasteiger partial charge is 0.423 e. The Morgan fingerprint density at radius 3 is 0.790 bits per heavy atom. The van der Waals surface area contributed by atoms with Gasteiger partial charge in [-0.05, 0) is 107 Å². The van der Waals surface area contributed by atoms with Crippen molar-refractivity contribution in [2.75, 3.05) is 0 Å². The van der Waals surface area contributed by atoms with Crippen LogP contribution in [0.1, 0.15) is 7.43 Å². The summed E-state index contributed by atoms with van der Waals surface area (Å²) < 4.78 is 0. The van der Waals surface area contributed by atoms with Crippen LogP contribution in [0.25, 0.3) is 122 Å². The summed E-state index contributed by atoms with van der Waals surface area (Å²) in [7, 11) is -1.39. The zero-order valence-corrected chi connectivity index (χ0v) is 43.8. The van der Waals surface area contributed by atoms with Gasteiger partial charge in [0.1, 0.15) is 0 Å². The van der Waals surface area contributed by atoms with Gasteiger partial charge in [0.2, 0.25) is 5.28 Å². The van der Waals surface area contributed by atoms with E-state index in [9.17, 15) is 0 Å². The third kappa shape index (κ3) is 12.3. The van der Waals surface area contributed by atoms with Crippen molar-refractivity contribution in [2.45, 2.75) is 7.43 Å². The number of hydrogen-bond donors (Lipinski definition) is 2. The lowest BCUT2D eigenvalue weighted by molar-refractivity contribution is 0.426. The van der Waals surface area contributed by atoms with Crippen LogP contribution in [0.5, 0.6) is 0 Å². The van der Waals surface area contributed by atoms with Gasteiger partial charge < -0.3 is 10.0 Å². The molecule has 0 aliphatic heterocycles. The van der Waals surface area contributed by atoms with E-state index in [-0.39, 0.29) is 12.7 Å². The van der Waals surface area contributed by atoms with Gasteiger partial charge in [-0.3, -0.25) is 0 Å². The van der Waals surface area contributed by atoms with Crippen molar-refractivity contribution in [3.05, 3.63) is 284 Å². The van der Waals surface area contributed by atoms with E-state index >= 15 is 0 Å². The van der Waals surface area contributed by atoms with Crippen molar-refractivity contribution in [3.63, 3.8) is 0 Å². The molecule has 0 aliphatic carbocycles. The Labute approximate surface area is 475 Å². The number of nitrogens with zero attached hydrogens (tertiary/aromatic N) is 6. The predicted molar refractivity (Wildman–Crippen MR) is 336 cm³/mol. The molecule has 0 spiro atoms. The molecular formula is C71H52BClN6O2. The first-order valence-electron chi connectivity index (χ1n) is 26.2. The van der Waals surface area contributed by atoms with Crippen LogP contribution in [-0.2, 0) is 0 Å². The maximum Gasteiger partial charge on any atom is 0.488 e. The van der Waals surface area contributed by atoms with Gasteiger partial charge >= 0.3 is 7.12 Å². The zero-order valence-electron chi connectivity index (χ0n) is 43.1. The lowest BCUT2D eigenvalue weighted by Gasteiger charge is -2.10. The Hall–Kier alpha value is -10.0. The summed E-state index contributed by atoms with van der Waals surface area (Å²) in [5.74, 6) is 3.13. The van der Waals surface area contributed by atoms with Crippen molar-refractivity contribution in [1.29, 1.82) is 0 Å². The molecule has 0 unspecified atom stereocenters. The van der Waals surface area contributed by atoms with Gasteiger partial charge in [0.05, 0.1) is 0 Å². The van der Waals surface area contributed by atoms with Crippen LogP contribution >= 0.6 is 11.6 Å². The molecule has 12 aromatic carbocycles. The molecule has 0 saturated heterocycles. The highest BCUT2D eigenvalue weighted by Crippen LogP contribution is 2.31. The Bertz CT molecular complexity index is 4280. The highest BCUT2D eigenvalue weighted by molar-refractivity contribution is 6.58. The highest BCUT2D eigenvalue weighted by atomic mass is 35.5. The Morgan fingerprint density at radius 1 is 0.235 bits per heavy atom. The lowest BCUT2D eigenvalue weighted by Crippen LogP contribution is -2.29. The van der Waals surface area contributed by atoms with E-state index < -0.39 is 7.12 Å². The van der Waals surface area contributed by atoms with Crippen LogP contribution < -0.4 is 5.46 Å². The molecular weight excluding hydrogens is 1020 g/mol. The summed E-state index contributed by atoms with van der Waals surface area (Å²) in [5.41, 5.74) is 9.77. The Kier molecular flexibility index (Phi) is 15.9. The Morgan fingerprint density at radius 2 is 0.469 bits per heavy atom. The molecule has 0 saturated carbocycles. The van der Waals surface area contributed by atoms with Crippen LogP contribution in [0.4, 0.5) is 0 Å². The van der Waals surface area contributed by atoms with E-state index in [1.54, 1.807) is 12.1 Å². The van der Waals surface area contributed by atoms with E-state index in [1.165, 1.54) is 27.1 Å². The zero-order chi connectivity index (χ0) is 54.2. The minimum Gasteiger partial charge on any atom is -0.423 e. The molecule has 10 heteroatoms. The minimum absolute atomic E-state index is 0. The monoisotopic (exact) mass is 1070 g/mol. The van der Waals surface area contributed by atoms with Gasteiger partial charge in [-0.1, -0.05) is 262 Å². The topological polar surface area (TPSA) is 118 Å². The number of rotatable bonds is 8. The fraction of sp³-hybridized carbons (Fsp3) is 0.0141. The molecule has 0 radical (unpaired) electrons. The van der Waals surface area contributed by atoms with E-state index in [2.05, 4.69) is 197 Å². The Balaban J connectivity index is 0.000000140. The molecule has 0 amide bonds. The number of halogens is 1. The highest BCUT2D eigenvalue weighted by Gasteiger charge is 2.15. The fourth-order valence-corrected chi connectivity index (χ4v) is 9.77. The van der Waals surface area contributed by atoms with Crippen molar-refractivity contribution < 1.29 is 10.0 Å². The fourth-order valence-electron chi connectivity index (χ4n) is 9.61. The maximum atomic E-state index is 8.94. The molecule has 14 rings (SSSR count). The summed E-state index contributed by atoms with van der Waals surface area (Å²) in [6, 6.07) is 94.1. The average molecular weight is 1070 g/mol. The summed E-state index contributed by atoms with van der Waals surface area (Å²) in [6.45, 7) is 0. The van der Waals surface area contributed by atoms with Crippen LogP contribution in [-0.4, -0.2) is 47.1 Å². The van der Waals surface area contributed by atoms with Crippen molar-refractivity contribution in [3.8, 4) is 79.2 Å². The molecule has 2 heterocycles. The molecule has 0 fully saturated rings. The molecule has 14 aromatic rings. The first kappa shape index (κ1) is 53.0. The second-order valence-corrected chi connectivity index (χ2v) is 19.4. The number of hydrogen-bond acceptors (Lipinski definition) is 8. The second kappa shape index (κ2) is 24.3. The van der Waals surface area contributed by atoms with Crippen molar-refractivity contribution in [2.24, 2.45) is 0 Å². The maximum absolute atomic E-state index is 8.94. The van der Waals surface area contributed by atoms with Gasteiger partial charge in [-0.2, -0.15) is 9.97 Å². The standard InChI is InChI=1S/C35H23N3.C23H14ClN3.C12H11BO2.CH4/c1-2-8-24(9-3-1)27-14-18-28(19-15-27)33-36-34(31-20-16-25-10-4-6-12-29(25)22-31)38-35(37-33)32-21-17-26-11-5-7-13-30(26)23-32;24-23-26-21(19-11-9-15-5-1-3-7-17(15)13-19)25-22(27-23)20-12-10-16-6-2-4-8-18(16)14-20;14-13(15)12-8-6-11(7-9-12)10-4-2-1-3-5-10;/h1-23H;1-14H;1-9,14-15H;1H4. The van der Waals surface area contributed by atoms with Gasteiger partial charge in [0.25, 0.3) is 0 Å². The number of fused-ring (bicyclic) bond motifs is 4. The van der Waals surface area contributed by atoms with Crippen LogP contribution in [0.15, 0.2) is 279 Å². The van der Waals surface area contributed by atoms with E-state index in [1.807, 2.05) is 84.9 Å². The second-order valence-electron chi connectivity index (χ2n) is 19.1. The van der Waals surface area contributed by atoms with Gasteiger partial charge in [0, 0.05) is 27.8 Å². The van der Waals surface area contributed by atoms with Crippen LogP contribution in [0.3, 0.4) is 0 Å². The van der Waals surface area contributed by atoms with Gasteiger partial charge in [-0.25, -0.2) is 19.9 Å². The number of benzene rings is 12. The van der Waals surface area contributed by atoms with E-state index in [0.29, 0.717) is 34.6 Å². The molecule has 81 heavy (non-hydrogen) atoms. The van der Waals surface area contributed by atoms with Gasteiger partial charge in [-0.15, -0.1) is 0 Å². The van der Waals surface area contributed by atoms with Gasteiger partial charge in [0.15, 0.2) is 29.1 Å². The van der Waals surface area contributed by atoms with E-state index in [4.69, 9.17) is 36.6 Å². The van der Waals surface area contributed by atoms with Crippen molar-refractivity contribution >= 4 is 67.3 Å². The lowest BCUT2D eigenvalue weighted by atomic mass is 9.80. The molecule has 8 nitrogen and oxygen atoms in total. The summed E-state index contributed by atoms with van der Waals surface area (Å²) >= 11 is 6.22. The summed E-state index contributed by atoms with van der Waals surface area (Å²) in [4.78, 5) is 28.2. The van der Waals surface area contributed by atoms with Crippen LogP contribution in [0.2, 0.25) is 5.28 Å². The average Bonchev–Trinajstić information content (AvgIpc) is 3.63. The van der Waals surface area contributed by atoms with Crippen LogP contribution in [0, 0.1) is 0 Å². The molecule has 0 aliphatic rings. The molecule has 0 bridgehead atoms.